The van der Waals surface area contributed by atoms with Gasteiger partial charge in [0.05, 0.1) is 5.56 Å². The third-order valence-corrected chi connectivity index (χ3v) is 2.20. The van der Waals surface area contributed by atoms with Gasteiger partial charge in [0.15, 0.2) is 5.76 Å². The summed E-state index contributed by atoms with van der Waals surface area (Å²) in [7, 11) is 0. The van der Waals surface area contributed by atoms with Crippen LogP contribution in [0.1, 0.15) is 21.9 Å². The second-order valence-electron chi connectivity index (χ2n) is 3.48. The molecule has 2 rings (SSSR count). The summed E-state index contributed by atoms with van der Waals surface area (Å²) >= 11 is 0. The Balaban J connectivity index is 2.41. The standard InChI is InChI=1S/C12H10FNO2/c1-7-2-5-11(16-7)12(15)9-4-3-8(14)6-10(9)13/h2-6H,14H2,1H3. The van der Waals surface area contributed by atoms with Crippen LogP contribution in [0.15, 0.2) is 34.7 Å². The maximum absolute atomic E-state index is 13.5. The number of benzene rings is 1. The second-order valence-corrected chi connectivity index (χ2v) is 3.48. The van der Waals surface area contributed by atoms with Crippen molar-refractivity contribution in [3.05, 3.63) is 53.2 Å². The van der Waals surface area contributed by atoms with E-state index in [0.717, 1.165) is 6.07 Å². The molecule has 1 heterocycles. The van der Waals surface area contributed by atoms with E-state index in [0.29, 0.717) is 5.76 Å². The van der Waals surface area contributed by atoms with Gasteiger partial charge in [0, 0.05) is 5.69 Å². The van der Waals surface area contributed by atoms with Crippen molar-refractivity contribution in [3.8, 4) is 0 Å². The SMILES string of the molecule is Cc1ccc(C(=O)c2ccc(N)cc2F)o1. The molecule has 16 heavy (non-hydrogen) atoms. The quantitative estimate of drug-likeness (QED) is 0.623. The molecule has 0 saturated carbocycles. The van der Waals surface area contributed by atoms with Gasteiger partial charge in [-0.25, -0.2) is 4.39 Å². The molecule has 0 saturated heterocycles. The maximum atomic E-state index is 13.5. The fourth-order valence-corrected chi connectivity index (χ4v) is 1.40. The van der Waals surface area contributed by atoms with E-state index in [9.17, 15) is 9.18 Å². The van der Waals surface area contributed by atoms with Gasteiger partial charge in [-0.3, -0.25) is 4.79 Å². The average Bonchev–Trinajstić information content (AvgIpc) is 2.64. The molecule has 0 bridgehead atoms. The van der Waals surface area contributed by atoms with Crippen LogP contribution in [0.4, 0.5) is 10.1 Å². The Morgan fingerprint density at radius 1 is 1.31 bits per heavy atom. The Bertz CT molecular complexity index is 546. The minimum absolute atomic E-state index is 0.0384. The maximum Gasteiger partial charge on any atom is 0.231 e. The highest BCUT2D eigenvalue weighted by Crippen LogP contribution is 2.17. The van der Waals surface area contributed by atoms with E-state index in [4.69, 9.17) is 10.2 Å². The second kappa shape index (κ2) is 3.81. The number of halogens is 1. The van der Waals surface area contributed by atoms with Gasteiger partial charge in [0.2, 0.25) is 5.78 Å². The lowest BCUT2D eigenvalue weighted by Crippen LogP contribution is -2.03. The zero-order chi connectivity index (χ0) is 11.7. The molecule has 0 unspecified atom stereocenters. The van der Waals surface area contributed by atoms with E-state index in [2.05, 4.69) is 0 Å². The molecule has 0 atom stereocenters. The fraction of sp³-hybridized carbons (Fsp3) is 0.0833. The van der Waals surface area contributed by atoms with Gasteiger partial charge in [-0.1, -0.05) is 0 Å². The first kappa shape index (κ1) is 10.4. The minimum Gasteiger partial charge on any atom is -0.458 e. The number of nitrogens with two attached hydrogens (primary N) is 1. The average molecular weight is 219 g/mol. The molecule has 0 aliphatic heterocycles. The molecule has 0 spiro atoms. The Morgan fingerprint density at radius 2 is 2.06 bits per heavy atom. The molecule has 1 aromatic carbocycles. The zero-order valence-corrected chi connectivity index (χ0v) is 8.66. The van der Waals surface area contributed by atoms with Crippen LogP contribution in [0.5, 0.6) is 0 Å². The monoisotopic (exact) mass is 219 g/mol. The van der Waals surface area contributed by atoms with Gasteiger partial charge < -0.3 is 10.2 Å². The van der Waals surface area contributed by atoms with Gasteiger partial charge in [-0.05, 0) is 37.3 Å². The number of carbonyl (C=O) groups excluding carboxylic acids is 1. The van der Waals surface area contributed by atoms with Crippen molar-refractivity contribution < 1.29 is 13.6 Å². The molecule has 82 valence electrons. The lowest BCUT2D eigenvalue weighted by molar-refractivity contribution is 0.100. The number of aryl methyl sites for hydroxylation is 1. The minimum atomic E-state index is -0.640. The van der Waals surface area contributed by atoms with Crippen molar-refractivity contribution in [3.63, 3.8) is 0 Å². The van der Waals surface area contributed by atoms with Crippen LogP contribution in [0, 0.1) is 12.7 Å². The van der Waals surface area contributed by atoms with Crippen LogP contribution in [-0.4, -0.2) is 5.78 Å². The topological polar surface area (TPSA) is 56.2 Å². The first-order chi connectivity index (χ1) is 7.58. The van der Waals surface area contributed by atoms with Crippen LogP contribution in [0.2, 0.25) is 0 Å². The van der Waals surface area contributed by atoms with Gasteiger partial charge in [0.25, 0.3) is 0 Å². The summed E-state index contributed by atoms with van der Waals surface area (Å²) in [5, 5.41) is 0. The molecule has 2 aromatic rings. The van der Waals surface area contributed by atoms with Crippen LogP contribution >= 0.6 is 0 Å². The number of ketones is 1. The third kappa shape index (κ3) is 1.82. The smallest absolute Gasteiger partial charge is 0.231 e. The van der Waals surface area contributed by atoms with Gasteiger partial charge >= 0.3 is 0 Å². The molecule has 1 aromatic heterocycles. The zero-order valence-electron chi connectivity index (χ0n) is 8.66. The Kier molecular flexibility index (Phi) is 2.48. The first-order valence-electron chi connectivity index (χ1n) is 4.74. The molecule has 4 heteroatoms. The van der Waals surface area contributed by atoms with Crippen LogP contribution in [-0.2, 0) is 0 Å². The Hall–Kier alpha value is -2.10. The summed E-state index contributed by atoms with van der Waals surface area (Å²) in [4.78, 5) is 11.8. The Morgan fingerprint density at radius 3 is 2.62 bits per heavy atom. The lowest BCUT2D eigenvalue weighted by atomic mass is 10.1. The van der Waals surface area contributed by atoms with Crippen molar-refractivity contribution in [1.29, 1.82) is 0 Å². The van der Waals surface area contributed by atoms with Crippen molar-refractivity contribution in [2.75, 3.05) is 5.73 Å². The summed E-state index contributed by atoms with van der Waals surface area (Å²) in [5.41, 5.74) is 5.64. The summed E-state index contributed by atoms with van der Waals surface area (Å²) in [6.45, 7) is 1.72. The van der Waals surface area contributed by atoms with E-state index in [1.165, 1.54) is 18.2 Å². The van der Waals surface area contributed by atoms with E-state index in [-0.39, 0.29) is 17.0 Å². The molecule has 0 aliphatic rings. The predicted octanol–water partition coefficient (Wildman–Crippen LogP) is 2.54. The fourth-order valence-electron chi connectivity index (χ4n) is 1.40. The molecular weight excluding hydrogens is 209 g/mol. The number of carbonyl (C=O) groups is 1. The number of hydrogen-bond acceptors (Lipinski definition) is 3. The van der Waals surface area contributed by atoms with Crippen molar-refractivity contribution in [2.45, 2.75) is 6.92 Å². The summed E-state index contributed by atoms with van der Waals surface area (Å²) in [6.07, 6.45) is 0. The number of nitrogen functional groups attached to an aromatic ring is 1. The Labute approximate surface area is 91.7 Å². The molecule has 0 fully saturated rings. The van der Waals surface area contributed by atoms with Gasteiger partial charge in [-0.2, -0.15) is 0 Å². The number of furan rings is 1. The highest BCUT2D eigenvalue weighted by molar-refractivity contribution is 6.07. The van der Waals surface area contributed by atoms with E-state index >= 15 is 0 Å². The van der Waals surface area contributed by atoms with E-state index < -0.39 is 11.6 Å². The molecule has 0 amide bonds. The van der Waals surface area contributed by atoms with E-state index in [1.54, 1.807) is 13.0 Å². The van der Waals surface area contributed by atoms with Gasteiger partial charge in [-0.15, -0.1) is 0 Å². The number of rotatable bonds is 2. The van der Waals surface area contributed by atoms with Crippen molar-refractivity contribution >= 4 is 11.5 Å². The van der Waals surface area contributed by atoms with Crippen LogP contribution < -0.4 is 5.73 Å². The first-order valence-corrected chi connectivity index (χ1v) is 4.74. The molecule has 0 aliphatic carbocycles. The van der Waals surface area contributed by atoms with Crippen molar-refractivity contribution in [2.24, 2.45) is 0 Å². The van der Waals surface area contributed by atoms with E-state index in [1.807, 2.05) is 0 Å². The highest BCUT2D eigenvalue weighted by Gasteiger charge is 2.16. The predicted molar refractivity (Wildman–Crippen MR) is 57.7 cm³/mol. The molecule has 0 radical (unpaired) electrons. The van der Waals surface area contributed by atoms with Gasteiger partial charge in [0.1, 0.15) is 11.6 Å². The summed E-state index contributed by atoms with van der Waals surface area (Å²) in [6, 6.07) is 7.12. The molecule has 2 N–H and O–H groups in total. The largest absolute Gasteiger partial charge is 0.458 e. The number of anilines is 1. The molecular formula is C12H10FNO2. The van der Waals surface area contributed by atoms with Crippen molar-refractivity contribution in [1.82, 2.24) is 0 Å². The summed E-state index contributed by atoms with van der Waals surface area (Å²) in [5.74, 6) is -0.384. The van der Waals surface area contributed by atoms with Crippen LogP contribution in [0.25, 0.3) is 0 Å². The lowest BCUT2D eigenvalue weighted by Gasteiger charge is -2.00. The molecule has 3 nitrogen and oxygen atoms in total. The van der Waals surface area contributed by atoms with Crippen LogP contribution in [0.3, 0.4) is 0 Å². The highest BCUT2D eigenvalue weighted by atomic mass is 19.1. The number of hydrogen-bond donors (Lipinski definition) is 1. The third-order valence-electron chi connectivity index (χ3n) is 2.20. The summed E-state index contributed by atoms with van der Waals surface area (Å²) < 4.78 is 18.6. The normalized spacial score (nSPS) is 10.4.